The molecule has 2 saturated heterocycles. The zero-order valence-corrected chi connectivity index (χ0v) is 12.1. The normalized spacial score (nSPS) is 32.0. The zero-order chi connectivity index (χ0) is 13.4. The quantitative estimate of drug-likeness (QED) is 0.663. The maximum Gasteiger partial charge on any atom is 0.300 e. The number of fused-ring (bicyclic) bond motifs is 3. The summed E-state index contributed by atoms with van der Waals surface area (Å²) in [4.78, 5) is 0. The van der Waals surface area contributed by atoms with Gasteiger partial charge < -0.3 is 4.65 Å². The molecule has 20 heavy (non-hydrogen) atoms. The monoisotopic (exact) mass is 266 g/mol. The number of rotatable bonds is 2. The molecule has 1 unspecified atom stereocenters. The highest BCUT2D eigenvalue weighted by Crippen LogP contribution is 2.48. The number of hydrogen-bond donors (Lipinski definition) is 0. The Balaban J connectivity index is 1.56. The molecule has 0 spiro atoms. The first kappa shape index (κ1) is 12.7. The van der Waals surface area contributed by atoms with Crippen LogP contribution in [0.15, 0.2) is 30.3 Å². The van der Waals surface area contributed by atoms with Crippen LogP contribution in [-0.2, 0) is 4.65 Å². The Kier molecular flexibility index (Phi) is 3.43. The Morgan fingerprint density at radius 3 is 2.40 bits per heavy atom. The maximum atomic E-state index is 6.67. The molecule has 1 aromatic carbocycles. The third-order valence-electron chi connectivity index (χ3n) is 5.54. The minimum Gasteiger partial charge on any atom is -0.428 e. The fourth-order valence-electron chi connectivity index (χ4n) is 4.56. The molecule has 1 atom stereocenters. The van der Waals surface area contributed by atoms with Gasteiger partial charge in [0.25, 0.3) is 6.92 Å². The van der Waals surface area contributed by atoms with Crippen LogP contribution in [0.25, 0.3) is 6.08 Å². The van der Waals surface area contributed by atoms with E-state index in [1.807, 2.05) is 0 Å². The largest absolute Gasteiger partial charge is 0.428 e. The molecule has 2 heterocycles. The SMILES string of the molecule is C1=Cc2ccccc2C(OB2C3CCCC2CCC3)C1. The molecule has 3 aliphatic rings. The summed E-state index contributed by atoms with van der Waals surface area (Å²) >= 11 is 0. The van der Waals surface area contributed by atoms with E-state index in [-0.39, 0.29) is 0 Å². The summed E-state index contributed by atoms with van der Waals surface area (Å²) in [5.74, 6) is 1.67. The van der Waals surface area contributed by atoms with Crippen molar-refractivity contribution in [2.45, 2.75) is 62.7 Å². The fourth-order valence-corrected chi connectivity index (χ4v) is 4.56. The lowest BCUT2D eigenvalue weighted by Crippen LogP contribution is -2.38. The highest BCUT2D eigenvalue weighted by molar-refractivity contribution is 6.56. The summed E-state index contributed by atoms with van der Waals surface area (Å²) in [5, 5.41) is 0. The molecule has 1 aliphatic carbocycles. The molecule has 0 amide bonds. The summed E-state index contributed by atoms with van der Waals surface area (Å²) in [6.07, 6.45) is 14.3. The lowest BCUT2D eigenvalue weighted by molar-refractivity contribution is 0.180. The van der Waals surface area contributed by atoms with E-state index in [2.05, 4.69) is 36.4 Å². The summed E-state index contributed by atoms with van der Waals surface area (Å²) in [7, 11) is 0. The van der Waals surface area contributed by atoms with Crippen LogP contribution >= 0.6 is 0 Å². The van der Waals surface area contributed by atoms with Crippen LogP contribution in [0, 0.1) is 0 Å². The Bertz CT molecular complexity index is 488. The predicted octanol–water partition coefficient (Wildman–Crippen LogP) is 5.26. The molecule has 2 heteroatoms. The number of hydrogen-bond acceptors (Lipinski definition) is 1. The van der Waals surface area contributed by atoms with Gasteiger partial charge in [-0.25, -0.2) is 0 Å². The molecule has 1 aromatic rings. The van der Waals surface area contributed by atoms with Crippen LogP contribution in [0.5, 0.6) is 0 Å². The van der Waals surface area contributed by atoms with E-state index in [1.54, 1.807) is 0 Å². The van der Waals surface area contributed by atoms with E-state index in [1.165, 1.54) is 49.7 Å². The summed E-state index contributed by atoms with van der Waals surface area (Å²) in [5.41, 5.74) is 2.75. The van der Waals surface area contributed by atoms with Crippen LogP contribution < -0.4 is 0 Å². The summed E-state index contributed by atoms with van der Waals surface area (Å²) in [6.45, 7) is 0.530. The Morgan fingerprint density at radius 1 is 0.950 bits per heavy atom. The molecule has 0 radical (unpaired) electrons. The smallest absolute Gasteiger partial charge is 0.300 e. The zero-order valence-electron chi connectivity index (χ0n) is 12.1. The van der Waals surface area contributed by atoms with Gasteiger partial charge in [0.15, 0.2) is 0 Å². The standard InChI is InChI=1S/C18H23BO/c1-2-12-17-14(6-1)7-3-13-18(17)20-19-15-8-4-9-16(19)11-5-10-15/h1-3,6-7,12,15-16,18H,4-5,8-11,13H2. The molecule has 2 aliphatic heterocycles. The Morgan fingerprint density at radius 2 is 1.65 bits per heavy atom. The van der Waals surface area contributed by atoms with Gasteiger partial charge in [0, 0.05) is 0 Å². The van der Waals surface area contributed by atoms with Gasteiger partial charge in [0.2, 0.25) is 0 Å². The molecule has 0 aromatic heterocycles. The van der Waals surface area contributed by atoms with Crippen molar-refractivity contribution in [2.75, 3.05) is 0 Å². The first-order chi connectivity index (χ1) is 9.92. The van der Waals surface area contributed by atoms with Gasteiger partial charge in [-0.2, -0.15) is 0 Å². The van der Waals surface area contributed by atoms with Crippen LogP contribution in [0.2, 0.25) is 11.6 Å². The van der Waals surface area contributed by atoms with Gasteiger partial charge in [-0.15, -0.1) is 0 Å². The van der Waals surface area contributed by atoms with Crippen molar-refractivity contribution in [3.8, 4) is 0 Å². The fraction of sp³-hybridized carbons (Fsp3) is 0.556. The second-order valence-corrected chi connectivity index (χ2v) is 6.74. The highest BCUT2D eigenvalue weighted by Gasteiger charge is 2.42. The average molecular weight is 266 g/mol. The molecule has 2 bridgehead atoms. The second-order valence-electron chi connectivity index (χ2n) is 6.74. The molecule has 2 fully saturated rings. The van der Waals surface area contributed by atoms with E-state index in [0.29, 0.717) is 13.0 Å². The lowest BCUT2D eigenvalue weighted by Gasteiger charge is -2.41. The van der Waals surface area contributed by atoms with E-state index in [0.717, 1.165) is 18.1 Å². The van der Waals surface area contributed by atoms with Crippen molar-refractivity contribution in [3.63, 3.8) is 0 Å². The van der Waals surface area contributed by atoms with Gasteiger partial charge in [0.1, 0.15) is 0 Å². The van der Waals surface area contributed by atoms with Gasteiger partial charge in [0.05, 0.1) is 6.10 Å². The van der Waals surface area contributed by atoms with Crippen LogP contribution in [-0.4, -0.2) is 6.92 Å². The first-order valence-electron chi connectivity index (χ1n) is 8.33. The van der Waals surface area contributed by atoms with Crippen molar-refractivity contribution < 1.29 is 4.65 Å². The Hall–Kier alpha value is -1.02. The van der Waals surface area contributed by atoms with Crippen molar-refractivity contribution in [1.29, 1.82) is 0 Å². The third kappa shape index (κ3) is 2.24. The number of benzene rings is 1. The van der Waals surface area contributed by atoms with Gasteiger partial charge in [-0.05, 0) is 29.2 Å². The lowest BCUT2D eigenvalue weighted by atomic mass is 9.38. The third-order valence-corrected chi connectivity index (χ3v) is 5.54. The van der Waals surface area contributed by atoms with Crippen LogP contribution in [0.1, 0.15) is 62.2 Å². The highest BCUT2D eigenvalue weighted by atomic mass is 16.4. The van der Waals surface area contributed by atoms with Gasteiger partial charge in [-0.1, -0.05) is 74.9 Å². The minimum absolute atomic E-state index is 0.294. The van der Waals surface area contributed by atoms with Gasteiger partial charge in [-0.3, -0.25) is 0 Å². The van der Waals surface area contributed by atoms with Crippen LogP contribution in [0.4, 0.5) is 0 Å². The molecule has 0 N–H and O–H groups in total. The van der Waals surface area contributed by atoms with Crippen molar-refractivity contribution in [2.24, 2.45) is 0 Å². The molecular formula is C18H23BO. The first-order valence-corrected chi connectivity index (χ1v) is 8.33. The molecule has 1 nitrogen and oxygen atoms in total. The van der Waals surface area contributed by atoms with Crippen molar-refractivity contribution in [3.05, 3.63) is 41.5 Å². The second kappa shape index (κ2) is 5.40. The van der Waals surface area contributed by atoms with Crippen molar-refractivity contribution in [1.82, 2.24) is 0 Å². The summed E-state index contributed by atoms with van der Waals surface area (Å²) in [6, 6.07) is 8.74. The molecule has 104 valence electrons. The van der Waals surface area contributed by atoms with E-state index in [9.17, 15) is 0 Å². The molecule has 0 saturated carbocycles. The van der Waals surface area contributed by atoms with Crippen molar-refractivity contribution >= 4 is 13.0 Å². The minimum atomic E-state index is 0.294. The van der Waals surface area contributed by atoms with E-state index >= 15 is 0 Å². The topological polar surface area (TPSA) is 9.23 Å². The maximum absolute atomic E-state index is 6.67. The summed E-state index contributed by atoms with van der Waals surface area (Å²) < 4.78 is 6.67. The average Bonchev–Trinajstić information content (AvgIpc) is 2.47. The van der Waals surface area contributed by atoms with Gasteiger partial charge >= 0.3 is 0 Å². The predicted molar refractivity (Wildman–Crippen MR) is 84.9 cm³/mol. The Labute approximate surface area is 122 Å². The molecule has 4 rings (SSSR count). The molecular weight excluding hydrogens is 243 g/mol. The van der Waals surface area contributed by atoms with E-state index < -0.39 is 0 Å². The van der Waals surface area contributed by atoms with E-state index in [4.69, 9.17) is 4.65 Å². The van der Waals surface area contributed by atoms with Crippen LogP contribution in [0.3, 0.4) is 0 Å².